The number of hydrogen-bond donors (Lipinski definition) is 1. The number of pyridine rings is 1. The van der Waals surface area contributed by atoms with E-state index in [9.17, 15) is 4.79 Å². The molecule has 0 spiro atoms. The summed E-state index contributed by atoms with van der Waals surface area (Å²) in [6, 6.07) is 15.5. The Balaban J connectivity index is 1.78. The molecular weight excluding hydrogens is 467 g/mol. The molecule has 0 radical (unpaired) electrons. The second-order valence-corrected chi connectivity index (χ2v) is 9.23. The summed E-state index contributed by atoms with van der Waals surface area (Å²) in [5, 5.41) is 5.99. The number of amidine groups is 1. The van der Waals surface area contributed by atoms with Gasteiger partial charge in [0.25, 0.3) is 0 Å². The van der Waals surface area contributed by atoms with Crippen molar-refractivity contribution in [3.63, 3.8) is 0 Å². The van der Waals surface area contributed by atoms with Crippen LogP contribution in [0.3, 0.4) is 0 Å². The fourth-order valence-electron chi connectivity index (χ4n) is 3.75. The van der Waals surface area contributed by atoms with Gasteiger partial charge in [0.05, 0.1) is 0 Å². The van der Waals surface area contributed by atoms with Crippen molar-refractivity contribution in [3.8, 4) is 0 Å². The van der Waals surface area contributed by atoms with Crippen molar-refractivity contribution >= 4 is 75.0 Å². The topological polar surface area (TPSA) is 68.5 Å². The van der Waals surface area contributed by atoms with E-state index in [0.717, 1.165) is 36.8 Å². The van der Waals surface area contributed by atoms with E-state index >= 15 is 0 Å². The molecule has 0 amide bonds. The number of aromatic nitrogens is 2. The standard InChI is InChI=1S/C22H17ClN4O2Se/c1-3-27-18-14-6-4-5-7-15(14)25-20-16(18)17(19(27)21(28)29-2)26-22(30-20)24-13-10-8-12(23)9-11-13/h4-11H,3H2,1-2H3,(H,24,26). The number of fused-ring (bicyclic) bond motifs is 2. The van der Waals surface area contributed by atoms with Gasteiger partial charge in [0.2, 0.25) is 0 Å². The van der Waals surface area contributed by atoms with Crippen molar-refractivity contribution < 1.29 is 9.53 Å². The Hall–Kier alpha value is -2.86. The van der Waals surface area contributed by atoms with E-state index in [1.807, 2.05) is 60.0 Å². The van der Waals surface area contributed by atoms with Crippen LogP contribution < -0.4 is 9.91 Å². The van der Waals surface area contributed by atoms with Gasteiger partial charge in [-0.1, -0.05) is 0 Å². The first kappa shape index (κ1) is 19.1. The minimum atomic E-state index is -0.401. The van der Waals surface area contributed by atoms with Crippen LogP contribution in [0.25, 0.3) is 21.8 Å². The average molecular weight is 484 g/mol. The van der Waals surface area contributed by atoms with Crippen LogP contribution in [0.5, 0.6) is 0 Å². The van der Waals surface area contributed by atoms with Gasteiger partial charge in [0.15, 0.2) is 0 Å². The van der Waals surface area contributed by atoms with Crippen LogP contribution in [-0.2, 0) is 11.3 Å². The summed E-state index contributed by atoms with van der Waals surface area (Å²) >= 11 is 5.85. The van der Waals surface area contributed by atoms with Gasteiger partial charge in [-0.25, -0.2) is 0 Å². The summed E-state index contributed by atoms with van der Waals surface area (Å²) in [6.07, 6.45) is 0. The predicted octanol–water partition coefficient (Wildman–Crippen LogP) is 4.09. The van der Waals surface area contributed by atoms with Gasteiger partial charge in [-0.05, 0) is 0 Å². The molecule has 0 saturated carbocycles. The molecule has 30 heavy (non-hydrogen) atoms. The molecule has 2 aromatic heterocycles. The second kappa shape index (κ2) is 7.43. The molecule has 0 saturated heterocycles. The van der Waals surface area contributed by atoms with Crippen molar-refractivity contribution in [1.82, 2.24) is 9.55 Å². The number of ether oxygens (including phenoxy) is 1. The van der Waals surface area contributed by atoms with E-state index in [-0.39, 0.29) is 15.0 Å². The summed E-state index contributed by atoms with van der Waals surface area (Å²) in [6.45, 7) is 2.64. The summed E-state index contributed by atoms with van der Waals surface area (Å²) < 4.78 is 8.84. The maximum atomic E-state index is 12.8. The zero-order chi connectivity index (χ0) is 20.8. The van der Waals surface area contributed by atoms with Crippen LogP contribution in [0.15, 0.2) is 53.5 Å². The van der Waals surface area contributed by atoms with Gasteiger partial charge < -0.3 is 0 Å². The van der Waals surface area contributed by atoms with Crippen molar-refractivity contribution in [2.24, 2.45) is 4.99 Å². The zero-order valence-electron chi connectivity index (χ0n) is 16.3. The maximum absolute atomic E-state index is 12.8. The molecule has 6 nitrogen and oxygen atoms in total. The third-order valence-corrected chi connectivity index (χ3v) is 7.12. The number of anilines is 1. The van der Waals surface area contributed by atoms with Gasteiger partial charge in [0.1, 0.15) is 0 Å². The number of rotatable bonds is 3. The number of para-hydroxylation sites is 1. The first-order valence-electron chi connectivity index (χ1n) is 9.43. The number of nitrogens with zero attached hydrogens (tertiary/aromatic N) is 3. The molecular formula is C22H17ClN4O2Se. The van der Waals surface area contributed by atoms with Crippen LogP contribution in [0, 0.1) is 0 Å². The molecule has 2 aromatic carbocycles. The van der Waals surface area contributed by atoms with Crippen molar-refractivity contribution in [1.29, 1.82) is 0 Å². The summed E-state index contributed by atoms with van der Waals surface area (Å²) in [5.74, 6) is -0.401. The number of aryl methyl sites for hydroxylation is 1. The van der Waals surface area contributed by atoms with E-state index in [1.54, 1.807) is 0 Å². The first-order valence-corrected chi connectivity index (χ1v) is 11.5. The van der Waals surface area contributed by atoms with Crippen LogP contribution in [0.1, 0.15) is 17.4 Å². The summed E-state index contributed by atoms with van der Waals surface area (Å²) in [5.41, 5.74) is 3.86. The number of nitrogens with one attached hydrogen (secondary N) is 1. The Morgan fingerprint density at radius 2 is 1.97 bits per heavy atom. The zero-order valence-corrected chi connectivity index (χ0v) is 18.7. The number of carbonyl (C=O) groups excluding carboxylic acids is 1. The minimum absolute atomic E-state index is 0.151. The Morgan fingerprint density at radius 3 is 2.70 bits per heavy atom. The first-order chi connectivity index (χ1) is 14.6. The van der Waals surface area contributed by atoms with Crippen LogP contribution >= 0.6 is 11.6 Å². The third-order valence-electron chi connectivity index (χ3n) is 5.03. The molecule has 150 valence electrons. The van der Waals surface area contributed by atoms with E-state index in [2.05, 4.69) is 5.32 Å². The number of aliphatic imine (C=N–C) groups is 1. The summed E-state index contributed by atoms with van der Waals surface area (Å²) in [7, 11) is 1.40. The summed E-state index contributed by atoms with van der Waals surface area (Å²) in [4.78, 5) is 22.6. The van der Waals surface area contributed by atoms with Crippen LogP contribution in [0.4, 0.5) is 11.4 Å². The molecule has 0 fully saturated rings. The van der Waals surface area contributed by atoms with E-state index in [0.29, 0.717) is 22.9 Å². The van der Waals surface area contributed by atoms with Crippen molar-refractivity contribution in [2.45, 2.75) is 13.5 Å². The Labute approximate surface area is 184 Å². The van der Waals surface area contributed by atoms with Gasteiger partial charge in [-0.15, -0.1) is 0 Å². The number of methoxy groups -OCH3 is 1. The van der Waals surface area contributed by atoms with Crippen LogP contribution in [0.2, 0.25) is 5.02 Å². The molecule has 1 N–H and O–H groups in total. The van der Waals surface area contributed by atoms with Crippen LogP contribution in [-0.4, -0.2) is 42.3 Å². The van der Waals surface area contributed by atoms with Gasteiger partial charge in [0, 0.05) is 0 Å². The average Bonchev–Trinajstić information content (AvgIpc) is 3.10. The molecule has 0 aliphatic carbocycles. The molecule has 0 unspecified atom stereocenters. The molecule has 1 aliphatic rings. The van der Waals surface area contributed by atoms with Gasteiger partial charge in [-0.2, -0.15) is 0 Å². The number of carbonyl (C=O) groups is 1. The van der Waals surface area contributed by atoms with E-state index < -0.39 is 5.97 Å². The molecule has 0 atom stereocenters. The quantitative estimate of drug-likeness (QED) is 0.352. The molecule has 8 heteroatoms. The fourth-order valence-corrected chi connectivity index (χ4v) is 5.83. The Bertz CT molecular complexity index is 1350. The van der Waals surface area contributed by atoms with Crippen molar-refractivity contribution in [3.05, 3.63) is 59.2 Å². The normalized spacial score (nSPS) is 12.8. The van der Waals surface area contributed by atoms with E-state index in [1.165, 1.54) is 7.11 Å². The molecule has 0 bridgehead atoms. The van der Waals surface area contributed by atoms with E-state index in [4.69, 9.17) is 26.3 Å². The fraction of sp³-hybridized carbons (Fsp3) is 0.136. The number of halogens is 1. The Kier molecular flexibility index (Phi) is 4.74. The Morgan fingerprint density at radius 1 is 1.20 bits per heavy atom. The van der Waals surface area contributed by atoms with Gasteiger partial charge >= 0.3 is 184 Å². The molecule has 5 rings (SSSR count). The molecule has 3 heterocycles. The molecule has 4 aromatic rings. The van der Waals surface area contributed by atoms with Gasteiger partial charge in [-0.3, -0.25) is 0 Å². The van der Waals surface area contributed by atoms with Crippen molar-refractivity contribution in [2.75, 3.05) is 12.4 Å². The second-order valence-electron chi connectivity index (χ2n) is 6.74. The predicted molar refractivity (Wildman–Crippen MR) is 122 cm³/mol. The monoisotopic (exact) mass is 484 g/mol. The third kappa shape index (κ3) is 2.98. The molecule has 1 aliphatic heterocycles. The SMILES string of the molecule is CCn1c(C(=O)OC)c2c3c(nc4ccccc4c31)[Se]C(Nc1ccc(Cl)cc1)=N2. The number of esters is 1. The number of benzene rings is 2. The number of hydrogen-bond acceptors (Lipinski definition) is 5.